The number of benzene rings is 2. The van der Waals surface area contributed by atoms with Crippen molar-refractivity contribution >= 4 is 17.7 Å². The lowest BCUT2D eigenvalue weighted by molar-refractivity contribution is -0.145. The summed E-state index contributed by atoms with van der Waals surface area (Å²) in [6.07, 6.45) is 2.81. The molecule has 34 heavy (non-hydrogen) atoms. The maximum Gasteiger partial charge on any atom is 0.242 e. The van der Waals surface area contributed by atoms with Crippen LogP contribution in [-0.2, 0) is 27.3 Å². The van der Waals surface area contributed by atoms with Crippen LogP contribution in [0.3, 0.4) is 0 Å². The summed E-state index contributed by atoms with van der Waals surface area (Å²) in [5, 5.41) is 3.15. The molecule has 1 atom stereocenters. The average molecular weight is 464 g/mol. The highest BCUT2D eigenvalue weighted by molar-refractivity contribution is 5.86. The largest absolute Gasteiger partial charge is 0.497 e. The van der Waals surface area contributed by atoms with E-state index in [1.54, 1.807) is 16.9 Å². The number of carbonyl (C=O) groups excluding carboxylic acids is 3. The number of piperazine rings is 1. The summed E-state index contributed by atoms with van der Waals surface area (Å²) in [5.74, 6) is 0.725. The van der Waals surface area contributed by atoms with E-state index in [-0.39, 0.29) is 24.3 Å². The van der Waals surface area contributed by atoms with Gasteiger partial charge >= 0.3 is 0 Å². The van der Waals surface area contributed by atoms with E-state index in [0.29, 0.717) is 45.3 Å². The molecule has 2 saturated heterocycles. The maximum absolute atomic E-state index is 13.0. The molecule has 0 radical (unpaired) electrons. The van der Waals surface area contributed by atoms with Gasteiger partial charge in [0.15, 0.2) is 0 Å². The predicted octanol–water partition coefficient (Wildman–Crippen LogP) is 2.85. The van der Waals surface area contributed by atoms with E-state index in [9.17, 15) is 14.4 Å². The Balaban J connectivity index is 1.32. The van der Waals surface area contributed by atoms with Crippen LogP contribution in [0.15, 0.2) is 48.5 Å². The molecule has 0 aliphatic carbocycles. The molecule has 7 heteroatoms. The van der Waals surface area contributed by atoms with Crippen LogP contribution in [0, 0.1) is 6.92 Å². The molecule has 2 fully saturated rings. The van der Waals surface area contributed by atoms with Crippen molar-refractivity contribution in [2.75, 3.05) is 26.7 Å². The first-order chi connectivity index (χ1) is 16.4. The van der Waals surface area contributed by atoms with E-state index < -0.39 is 5.54 Å². The number of rotatable bonds is 8. The van der Waals surface area contributed by atoms with Crippen molar-refractivity contribution in [1.82, 2.24) is 15.1 Å². The van der Waals surface area contributed by atoms with Gasteiger partial charge < -0.3 is 19.9 Å². The van der Waals surface area contributed by atoms with Crippen molar-refractivity contribution in [2.45, 2.75) is 51.1 Å². The SMILES string of the molecule is COc1cccc(CN2CCN(C(=O)CC[C@]3(Cc4ccc(C)cc4)CCC(=O)N3)CC2=O)c1. The molecule has 2 aliphatic heterocycles. The monoisotopic (exact) mass is 463 g/mol. The third-order valence-corrected chi connectivity index (χ3v) is 6.89. The first-order valence-corrected chi connectivity index (χ1v) is 11.9. The van der Waals surface area contributed by atoms with E-state index in [2.05, 4.69) is 29.6 Å². The minimum Gasteiger partial charge on any atom is -0.497 e. The van der Waals surface area contributed by atoms with Crippen molar-refractivity contribution in [1.29, 1.82) is 0 Å². The Morgan fingerprint density at radius 3 is 2.56 bits per heavy atom. The first-order valence-electron chi connectivity index (χ1n) is 11.9. The fraction of sp³-hybridized carbons (Fsp3) is 0.444. The molecule has 2 heterocycles. The zero-order chi connectivity index (χ0) is 24.1. The molecular formula is C27H33N3O4. The zero-order valence-corrected chi connectivity index (χ0v) is 20.0. The van der Waals surface area contributed by atoms with Crippen LogP contribution in [0.25, 0.3) is 0 Å². The van der Waals surface area contributed by atoms with Gasteiger partial charge in [0.25, 0.3) is 0 Å². The molecule has 4 rings (SSSR count). The lowest BCUT2D eigenvalue weighted by Crippen LogP contribution is -2.52. The third-order valence-electron chi connectivity index (χ3n) is 6.89. The van der Waals surface area contributed by atoms with Gasteiger partial charge in [-0.15, -0.1) is 0 Å². The topological polar surface area (TPSA) is 79.0 Å². The van der Waals surface area contributed by atoms with Crippen LogP contribution < -0.4 is 10.1 Å². The van der Waals surface area contributed by atoms with Crippen LogP contribution in [0.4, 0.5) is 0 Å². The second-order valence-electron chi connectivity index (χ2n) is 9.47. The molecule has 0 unspecified atom stereocenters. The zero-order valence-electron chi connectivity index (χ0n) is 20.0. The molecule has 1 N–H and O–H groups in total. The molecule has 2 aliphatic rings. The highest BCUT2D eigenvalue weighted by Gasteiger charge is 2.38. The van der Waals surface area contributed by atoms with E-state index in [0.717, 1.165) is 23.3 Å². The van der Waals surface area contributed by atoms with Gasteiger partial charge in [0.05, 0.1) is 13.7 Å². The maximum atomic E-state index is 13.0. The molecular weight excluding hydrogens is 430 g/mol. The summed E-state index contributed by atoms with van der Waals surface area (Å²) < 4.78 is 5.26. The van der Waals surface area contributed by atoms with Crippen LogP contribution >= 0.6 is 0 Å². The Bertz CT molecular complexity index is 1050. The standard InChI is InChI=1S/C27H33N3O4/c1-20-6-8-21(9-7-20)17-27(12-10-24(31)28-27)13-11-25(32)30-15-14-29(26(33)19-30)18-22-4-3-5-23(16-22)34-2/h3-9,16H,10-15,17-19H2,1-2H3,(H,28,31)/t27-/m0/s1. The molecule has 3 amide bonds. The molecule has 180 valence electrons. The minimum absolute atomic E-state index is 0.0289. The lowest BCUT2D eigenvalue weighted by atomic mass is 9.84. The molecule has 0 spiro atoms. The lowest BCUT2D eigenvalue weighted by Gasteiger charge is -2.35. The van der Waals surface area contributed by atoms with Crippen LogP contribution in [0.2, 0.25) is 0 Å². The normalized spacial score (nSPS) is 20.4. The van der Waals surface area contributed by atoms with Gasteiger partial charge in [-0.2, -0.15) is 0 Å². The van der Waals surface area contributed by atoms with Crippen molar-refractivity contribution in [3.05, 3.63) is 65.2 Å². The van der Waals surface area contributed by atoms with E-state index in [1.807, 2.05) is 31.2 Å². The summed E-state index contributed by atoms with van der Waals surface area (Å²) in [4.78, 5) is 41.2. The smallest absolute Gasteiger partial charge is 0.242 e. The number of carbonyl (C=O) groups is 3. The fourth-order valence-corrected chi connectivity index (χ4v) is 4.86. The van der Waals surface area contributed by atoms with Crippen LogP contribution in [-0.4, -0.2) is 59.8 Å². The number of hydrogen-bond donors (Lipinski definition) is 1. The van der Waals surface area contributed by atoms with Gasteiger partial charge in [-0.05, 0) is 49.4 Å². The van der Waals surface area contributed by atoms with Gasteiger partial charge in [0, 0.05) is 38.0 Å². The summed E-state index contributed by atoms with van der Waals surface area (Å²) in [6.45, 7) is 3.68. The Morgan fingerprint density at radius 1 is 1.09 bits per heavy atom. The molecule has 2 aromatic rings. The van der Waals surface area contributed by atoms with Crippen LogP contribution in [0.5, 0.6) is 5.75 Å². The summed E-state index contributed by atoms with van der Waals surface area (Å²) in [7, 11) is 1.62. The minimum atomic E-state index is -0.403. The quantitative estimate of drug-likeness (QED) is 0.653. The Morgan fingerprint density at radius 2 is 1.88 bits per heavy atom. The number of aryl methyl sites for hydroxylation is 1. The second kappa shape index (κ2) is 10.3. The third kappa shape index (κ3) is 5.76. The number of nitrogens with one attached hydrogen (secondary N) is 1. The highest BCUT2D eigenvalue weighted by atomic mass is 16.5. The Labute approximate surface area is 201 Å². The molecule has 2 aromatic carbocycles. The van der Waals surface area contributed by atoms with E-state index in [1.165, 1.54) is 5.56 Å². The fourth-order valence-electron chi connectivity index (χ4n) is 4.86. The number of amides is 3. The van der Waals surface area contributed by atoms with E-state index in [4.69, 9.17) is 4.74 Å². The Kier molecular flexibility index (Phi) is 7.20. The van der Waals surface area contributed by atoms with Gasteiger partial charge in [-0.25, -0.2) is 0 Å². The molecule has 0 aromatic heterocycles. The summed E-state index contributed by atoms with van der Waals surface area (Å²) in [5.41, 5.74) is 2.95. The number of methoxy groups -OCH3 is 1. The van der Waals surface area contributed by atoms with Gasteiger partial charge in [0.1, 0.15) is 5.75 Å². The second-order valence-corrected chi connectivity index (χ2v) is 9.47. The van der Waals surface area contributed by atoms with Gasteiger partial charge in [0.2, 0.25) is 17.7 Å². The summed E-state index contributed by atoms with van der Waals surface area (Å²) >= 11 is 0. The van der Waals surface area contributed by atoms with Crippen molar-refractivity contribution < 1.29 is 19.1 Å². The Hall–Kier alpha value is -3.35. The molecule has 0 bridgehead atoms. The van der Waals surface area contributed by atoms with Crippen molar-refractivity contribution in [3.63, 3.8) is 0 Å². The predicted molar refractivity (Wildman–Crippen MR) is 129 cm³/mol. The van der Waals surface area contributed by atoms with Crippen LogP contribution in [0.1, 0.15) is 42.4 Å². The average Bonchev–Trinajstić information content (AvgIpc) is 3.21. The number of hydrogen-bond acceptors (Lipinski definition) is 4. The van der Waals surface area contributed by atoms with Gasteiger partial charge in [-0.1, -0.05) is 42.0 Å². The van der Waals surface area contributed by atoms with E-state index >= 15 is 0 Å². The number of ether oxygens (including phenoxy) is 1. The number of nitrogens with zero attached hydrogens (tertiary/aromatic N) is 2. The first kappa shape index (κ1) is 23.8. The molecule has 0 saturated carbocycles. The van der Waals surface area contributed by atoms with Gasteiger partial charge in [-0.3, -0.25) is 14.4 Å². The van der Waals surface area contributed by atoms with Crippen molar-refractivity contribution in [3.8, 4) is 5.75 Å². The summed E-state index contributed by atoms with van der Waals surface area (Å²) in [6, 6.07) is 16.0. The molecule has 7 nitrogen and oxygen atoms in total. The highest BCUT2D eigenvalue weighted by Crippen LogP contribution is 2.30. The van der Waals surface area contributed by atoms with Crippen molar-refractivity contribution in [2.24, 2.45) is 0 Å².